The van der Waals surface area contributed by atoms with Gasteiger partial charge >= 0.3 is 0 Å². The third kappa shape index (κ3) is 6.27. The molecular formula is C17H24Br2. The van der Waals surface area contributed by atoms with Crippen LogP contribution in [-0.2, 0) is 6.42 Å². The normalized spacial score (nSPS) is 10.7. The highest BCUT2D eigenvalue weighted by Gasteiger charge is 2.04. The lowest BCUT2D eigenvalue weighted by molar-refractivity contribution is 0.589. The van der Waals surface area contributed by atoms with Crippen LogP contribution in [0.5, 0.6) is 0 Å². The highest BCUT2D eigenvalue weighted by molar-refractivity contribution is 9.11. The van der Waals surface area contributed by atoms with Gasteiger partial charge in [-0.1, -0.05) is 90.0 Å². The first-order valence-electron chi connectivity index (χ1n) is 7.29. The number of hydrogen-bond acceptors (Lipinski definition) is 0. The van der Waals surface area contributed by atoms with Crippen LogP contribution in [0.25, 0.3) is 6.08 Å². The molecule has 0 saturated carbocycles. The maximum atomic E-state index is 3.83. The highest BCUT2D eigenvalue weighted by Crippen LogP contribution is 2.29. The average Bonchev–Trinajstić information content (AvgIpc) is 2.37. The Morgan fingerprint density at radius 2 is 1.47 bits per heavy atom. The number of benzene rings is 1. The van der Waals surface area contributed by atoms with Crippen LogP contribution in [0, 0.1) is 0 Å². The van der Waals surface area contributed by atoms with Crippen molar-refractivity contribution in [2.24, 2.45) is 0 Å². The van der Waals surface area contributed by atoms with E-state index in [2.05, 4.69) is 57.5 Å². The van der Waals surface area contributed by atoms with Crippen molar-refractivity contribution in [1.82, 2.24) is 0 Å². The fourth-order valence-electron chi connectivity index (χ4n) is 2.26. The van der Waals surface area contributed by atoms with Crippen LogP contribution < -0.4 is 0 Å². The van der Waals surface area contributed by atoms with Crippen LogP contribution in [0.3, 0.4) is 0 Å². The summed E-state index contributed by atoms with van der Waals surface area (Å²) < 4.78 is 2.27. The van der Waals surface area contributed by atoms with Gasteiger partial charge in [0.05, 0.1) is 0 Å². The smallest absolute Gasteiger partial charge is 0.0261 e. The number of hydrogen-bond donors (Lipinski definition) is 0. The third-order valence-electron chi connectivity index (χ3n) is 3.41. The molecular weight excluding hydrogens is 364 g/mol. The molecule has 0 radical (unpaired) electrons. The first-order chi connectivity index (χ1) is 9.19. The fourth-order valence-corrected chi connectivity index (χ4v) is 3.87. The van der Waals surface area contributed by atoms with E-state index in [0.29, 0.717) is 0 Å². The molecule has 0 spiro atoms. The van der Waals surface area contributed by atoms with Crippen molar-refractivity contribution in [3.05, 3.63) is 38.8 Å². The molecule has 1 rings (SSSR count). The number of aryl methyl sites for hydroxylation is 1. The van der Waals surface area contributed by atoms with E-state index in [1.54, 1.807) is 0 Å². The van der Waals surface area contributed by atoms with Crippen molar-refractivity contribution in [3.63, 3.8) is 0 Å². The van der Waals surface area contributed by atoms with E-state index in [4.69, 9.17) is 0 Å². The summed E-state index contributed by atoms with van der Waals surface area (Å²) in [5.74, 6) is 0. The van der Waals surface area contributed by atoms with E-state index in [-0.39, 0.29) is 0 Å². The largest absolute Gasteiger partial charge is 0.0984 e. The van der Waals surface area contributed by atoms with Gasteiger partial charge in [0.1, 0.15) is 0 Å². The van der Waals surface area contributed by atoms with Gasteiger partial charge < -0.3 is 0 Å². The lowest BCUT2D eigenvalue weighted by atomic mass is 10.0. The van der Waals surface area contributed by atoms with Crippen LogP contribution in [0.2, 0.25) is 0 Å². The minimum Gasteiger partial charge on any atom is -0.0984 e. The van der Waals surface area contributed by atoms with Crippen molar-refractivity contribution >= 4 is 37.9 Å². The zero-order chi connectivity index (χ0) is 14.1. The average molecular weight is 388 g/mol. The van der Waals surface area contributed by atoms with Crippen molar-refractivity contribution in [3.8, 4) is 0 Å². The summed E-state index contributed by atoms with van der Waals surface area (Å²) in [6.45, 7) is 6.10. The second kappa shape index (κ2) is 9.77. The molecule has 0 nitrogen and oxygen atoms in total. The number of rotatable bonds is 9. The van der Waals surface area contributed by atoms with Gasteiger partial charge in [0.15, 0.2) is 0 Å². The summed E-state index contributed by atoms with van der Waals surface area (Å²) in [5, 5.41) is 0. The molecule has 0 aliphatic heterocycles. The molecule has 0 unspecified atom stereocenters. The number of halogens is 2. The molecule has 0 heterocycles. The zero-order valence-corrected chi connectivity index (χ0v) is 15.0. The van der Waals surface area contributed by atoms with Crippen LogP contribution in [-0.4, -0.2) is 0 Å². The number of unbranched alkanes of at least 4 members (excludes halogenated alkanes) is 6. The second-order valence-corrected chi connectivity index (χ2v) is 6.76. The molecule has 0 aromatic heterocycles. The van der Waals surface area contributed by atoms with Gasteiger partial charge in [0.25, 0.3) is 0 Å². The zero-order valence-electron chi connectivity index (χ0n) is 11.9. The predicted octanol–water partition coefficient (Wildman–Crippen LogP) is 7.15. The van der Waals surface area contributed by atoms with Gasteiger partial charge in [-0.15, -0.1) is 0 Å². The van der Waals surface area contributed by atoms with Crippen molar-refractivity contribution in [2.75, 3.05) is 0 Å². The maximum absolute atomic E-state index is 3.83. The summed E-state index contributed by atoms with van der Waals surface area (Å²) in [7, 11) is 0. The molecule has 0 bridgehead atoms. The standard InChI is InChI=1S/C17H24Br2/c1-3-5-6-7-8-9-10-11-14-12-16(18)15(4-2)17(19)13-14/h4,12-13H,2-3,5-11H2,1H3. The molecule has 2 heteroatoms. The van der Waals surface area contributed by atoms with Crippen LogP contribution in [0.1, 0.15) is 63.0 Å². The van der Waals surface area contributed by atoms with E-state index in [1.165, 1.54) is 56.9 Å². The summed E-state index contributed by atoms with van der Waals surface area (Å²) in [6.07, 6.45) is 12.6. The van der Waals surface area contributed by atoms with Gasteiger partial charge in [0, 0.05) is 14.5 Å². The Morgan fingerprint density at radius 1 is 0.947 bits per heavy atom. The third-order valence-corrected chi connectivity index (χ3v) is 4.72. The van der Waals surface area contributed by atoms with Crippen LogP contribution >= 0.6 is 31.9 Å². The first kappa shape index (κ1) is 17.0. The minimum atomic E-state index is 1.13. The van der Waals surface area contributed by atoms with E-state index in [9.17, 15) is 0 Å². The van der Waals surface area contributed by atoms with E-state index >= 15 is 0 Å². The lowest BCUT2D eigenvalue weighted by Crippen LogP contribution is -1.89. The maximum Gasteiger partial charge on any atom is 0.0261 e. The molecule has 19 heavy (non-hydrogen) atoms. The molecule has 106 valence electrons. The van der Waals surface area contributed by atoms with Gasteiger partial charge in [-0.3, -0.25) is 0 Å². The molecule has 1 aromatic rings. The summed E-state index contributed by atoms with van der Waals surface area (Å²) in [6, 6.07) is 4.44. The fraction of sp³-hybridized carbons (Fsp3) is 0.529. The molecule has 0 saturated heterocycles. The highest BCUT2D eigenvalue weighted by atomic mass is 79.9. The van der Waals surface area contributed by atoms with Crippen LogP contribution in [0.15, 0.2) is 27.7 Å². The Labute approximate surface area is 134 Å². The Hall–Kier alpha value is -0.0800. The molecule has 0 amide bonds. The Bertz CT molecular complexity index is 373. The second-order valence-electron chi connectivity index (χ2n) is 5.05. The van der Waals surface area contributed by atoms with Crippen molar-refractivity contribution in [1.29, 1.82) is 0 Å². The summed E-state index contributed by atoms with van der Waals surface area (Å²) >= 11 is 7.22. The first-order valence-corrected chi connectivity index (χ1v) is 8.88. The minimum absolute atomic E-state index is 1.13. The van der Waals surface area contributed by atoms with E-state index in [1.807, 2.05) is 6.08 Å². The van der Waals surface area contributed by atoms with Crippen molar-refractivity contribution in [2.45, 2.75) is 58.3 Å². The molecule has 0 N–H and O–H groups in total. The van der Waals surface area contributed by atoms with Gasteiger partial charge in [-0.2, -0.15) is 0 Å². The lowest BCUT2D eigenvalue weighted by Gasteiger charge is -2.07. The van der Waals surface area contributed by atoms with E-state index in [0.717, 1.165) is 14.5 Å². The molecule has 1 aromatic carbocycles. The Balaban J connectivity index is 2.32. The predicted molar refractivity (Wildman–Crippen MR) is 93.6 cm³/mol. The molecule has 0 fully saturated rings. The monoisotopic (exact) mass is 386 g/mol. The Kier molecular flexibility index (Phi) is 8.72. The Morgan fingerprint density at radius 3 is 2.00 bits per heavy atom. The molecule has 0 aliphatic carbocycles. The van der Waals surface area contributed by atoms with Gasteiger partial charge in [-0.05, 0) is 30.5 Å². The van der Waals surface area contributed by atoms with Gasteiger partial charge in [-0.25, -0.2) is 0 Å². The topological polar surface area (TPSA) is 0 Å². The van der Waals surface area contributed by atoms with E-state index < -0.39 is 0 Å². The molecule has 0 aliphatic rings. The summed E-state index contributed by atoms with van der Waals surface area (Å²) in [4.78, 5) is 0. The molecule has 0 atom stereocenters. The summed E-state index contributed by atoms with van der Waals surface area (Å²) in [5.41, 5.74) is 2.54. The van der Waals surface area contributed by atoms with Gasteiger partial charge in [0.2, 0.25) is 0 Å². The van der Waals surface area contributed by atoms with Crippen LogP contribution in [0.4, 0.5) is 0 Å². The quantitative estimate of drug-likeness (QED) is 0.394. The SMILES string of the molecule is C=Cc1c(Br)cc(CCCCCCCCC)cc1Br. The van der Waals surface area contributed by atoms with Crippen molar-refractivity contribution < 1.29 is 0 Å².